The van der Waals surface area contributed by atoms with Crippen LogP contribution in [0.4, 0.5) is 5.69 Å². The molecular formula is C17H20N2O6. The predicted molar refractivity (Wildman–Crippen MR) is 89.6 cm³/mol. The van der Waals surface area contributed by atoms with Gasteiger partial charge in [-0.3, -0.25) is 10.1 Å². The standard InChI is InChI=1S/C17H20N2O6/c1-10-14(18-25-15(10)16(20)23-5)11-6-7-13(12(8-11)19(21)22)24-9-17(2,3)4/h6-8H,9H2,1-5H3. The van der Waals surface area contributed by atoms with Crippen molar-refractivity contribution in [1.82, 2.24) is 5.16 Å². The van der Waals surface area contributed by atoms with Gasteiger partial charge in [0.2, 0.25) is 5.76 Å². The molecule has 1 aromatic heterocycles. The van der Waals surface area contributed by atoms with Gasteiger partial charge in [0.15, 0.2) is 5.75 Å². The Balaban J connectivity index is 2.41. The zero-order chi connectivity index (χ0) is 18.8. The third kappa shape index (κ3) is 4.14. The summed E-state index contributed by atoms with van der Waals surface area (Å²) in [4.78, 5) is 22.5. The first-order chi connectivity index (χ1) is 11.6. The highest BCUT2D eigenvalue weighted by molar-refractivity contribution is 5.90. The van der Waals surface area contributed by atoms with E-state index in [9.17, 15) is 14.9 Å². The van der Waals surface area contributed by atoms with Crippen LogP contribution < -0.4 is 4.74 Å². The number of aromatic nitrogens is 1. The molecule has 1 aromatic carbocycles. The van der Waals surface area contributed by atoms with Crippen molar-refractivity contribution in [3.05, 3.63) is 39.6 Å². The van der Waals surface area contributed by atoms with Crippen LogP contribution in [-0.2, 0) is 4.74 Å². The summed E-state index contributed by atoms with van der Waals surface area (Å²) in [5.41, 5.74) is 0.926. The number of carbonyl (C=O) groups is 1. The van der Waals surface area contributed by atoms with E-state index >= 15 is 0 Å². The van der Waals surface area contributed by atoms with Crippen molar-refractivity contribution in [2.75, 3.05) is 13.7 Å². The Hall–Kier alpha value is -2.90. The Bertz CT molecular complexity index is 804. The third-order valence-electron chi connectivity index (χ3n) is 3.38. The predicted octanol–water partition coefficient (Wildman–Crippen LogP) is 3.77. The van der Waals surface area contributed by atoms with Gasteiger partial charge in [0.1, 0.15) is 5.69 Å². The molecule has 0 atom stereocenters. The minimum atomic E-state index is -0.657. The van der Waals surface area contributed by atoms with E-state index in [0.717, 1.165) is 0 Å². The maximum atomic E-state index is 11.6. The molecule has 0 fully saturated rings. The van der Waals surface area contributed by atoms with Crippen LogP contribution in [0, 0.1) is 22.5 Å². The number of ether oxygens (including phenoxy) is 2. The fourth-order valence-corrected chi connectivity index (χ4v) is 2.11. The Morgan fingerprint density at radius 1 is 1.36 bits per heavy atom. The van der Waals surface area contributed by atoms with Gasteiger partial charge in [-0.2, -0.15) is 0 Å². The summed E-state index contributed by atoms with van der Waals surface area (Å²) in [6, 6.07) is 4.51. The van der Waals surface area contributed by atoms with Crippen LogP contribution in [-0.4, -0.2) is 29.8 Å². The number of nitro benzene ring substituents is 1. The molecule has 0 spiro atoms. The van der Waals surface area contributed by atoms with Gasteiger partial charge in [-0.05, 0) is 24.5 Å². The first kappa shape index (κ1) is 18.4. The van der Waals surface area contributed by atoms with Gasteiger partial charge in [-0.25, -0.2) is 4.79 Å². The van der Waals surface area contributed by atoms with Crippen LogP contribution in [0.2, 0.25) is 0 Å². The van der Waals surface area contributed by atoms with E-state index in [1.807, 2.05) is 20.8 Å². The van der Waals surface area contributed by atoms with E-state index in [1.54, 1.807) is 13.0 Å². The SMILES string of the molecule is COC(=O)c1onc(-c2ccc(OCC(C)(C)C)c([N+](=O)[O-])c2)c1C. The van der Waals surface area contributed by atoms with Crippen molar-refractivity contribution in [2.24, 2.45) is 5.41 Å². The summed E-state index contributed by atoms with van der Waals surface area (Å²) in [5, 5.41) is 15.2. The summed E-state index contributed by atoms with van der Waals surface area (Å²) in [6.07, 6.45) is 0. The second-order valence-corrected chi connectivity index (χ2v) is 6.77. The highest BCUT2D eigenvalue weighted by atomic mass is 16.6. The average molecular weight is 348 g/mol. The Morgan fingerprint density at radius 2 is 2.04 bits per heavy atom. The number of methoxy groups -OCH3 is 1. The van der Waals surface area contributed by atoms with Crippen LogP contribution in [0.3, 0.4) is 0 Å². The Labute approximate surface area is 144 Å². The molecule has 2 aromatic rings. The van der Waals surface area contributed by atoms with Crippen LogP contribution in [0.15, 0.2) is 22.7 Å². The molecule has 0 saturated carbocycles. The zero-order valence-corrected chi connectivity index (χ0v) is 14.8. The Morgan fingerprint density at radius 3 is 2.60 bits per heavy atom. The van der Waals surface area contributed by atoms with Gasteiger partial charge in [0, 0.05) is 17.2 Å². The second kappa shape index (κ2) is 6.92. The largest absolute Gasteiger partial charge is 0.486 e. The lowest BCUT2D eigenvalue weighted by molar-refractivity contribution is -0.385. The van der Waals surface area contributed by atoms with E-state index in [1.165, 1.54) is 19.2 Å². The molecule has 134 valence electrons. The number of rotatable bonds is 5. The lowest BCUT2D eigenvalue weighted by atomic mass is 9.98. The molecule has 2 rings (SSSR count). The number of benzene rings is 1. The molecule has 0 unspecified atom stereocenters. The summed E-state index contributed by atoms with van der Waals surface area (Å²) >= 11 is 0. The van der Waals surface area contributed by atoms with E-state index in [0.29, 0.717) is 23.4 Å². The third-order valence-corrected chi connectivity index (χ3v) is 3.38. The molecule has 8 nitrogen and oxygen atoms in total. The normalized spacial score (nSPS) is 11.2. The maximum Gasteiger partial charge on any atom is 0.377 e. The minimum absolute atomic E-state index is 0.0341. The van der Waals surface area contributed by atoms with E-state index in [2.05, 4.69) is 9.89 Å². The number of nitrogens with zero attached hydrogens (tertiary/aromatic N) is 2. The number of hydrogen-bond acceptors (Lipinski definition) is 7. The molecule has 0 amide bonds. The molecule has 0 aliphatic rings. The van der Waals surface area contributed by atoms with Crippen LogP contribution in [0.5, 0.6) is 5.75 Å². The first-order valence-electron chi connectivity index (χ1n) is 7.60. The highest BCUT2D eigenvalue weighted by Crippen LogP contribution is 2.34. The summed E-state index contributed by atoms with van der Waals surface area (Å²) in [6.45, 7) is 7.89. The van der Waals surface area contributed by atoms with Crippen LogP contribution >= 0.6 is 0 Å². The van der Waals surface area contributed by atoms with E-state index in [4.69, 9.17) is 9.26 Å². The van der Waals surface area contributed by atoms with Crippen molar-refractivity contribution in [2.45, 2.75) is 27.7 Å². The quantitative estimate of drug-likeness (QED) is 0.460. The van der Waals surface area contributed by atoms with Gasteiger partial charge >= 0.3 is 11.7 Å². The maximum absolute atomic E-state index is 11.6. The van der Waals surface area contributed by atoms with Crippen molar-refractivity contribution in [3.8, 4) is 17.0 Å². The van der Waals surface area contributed by atoms with Gasteiger partial charge in [-0.1, -0.05) is 25.9 Å². The second-order valence-electron chi connectivity index (χ2n) is 6.77. The van der Waals surface area contributed by atoms with E-state index < -0.39 is 10.9 Å². The van der Waals surface area contributed by atoms with Crippen molar-refractivity contribution in [1.29, 1.82) is 0 Å². The number of nitro groups is 1. The summed E-state index contributed by atoms with van der Waals surface area (Å²) in [7, 11) is 1.23. The number of hydrogen-bond donors (Lipinski definition) is 0. The molecule has 0 aliphatic heterocycles. The lowest BCUT2D eigenvalue weighted by Gasteiger charge is -2.18. The first-order valence-corrected chi connectivity index (χ1v) is 7.60. The van der Waals surface area contributed by atoms with E-state index in [-0.39, 0.29) is 22.6 Å². The monoisotopic (exact) mass is 348 g/mol. The fraction of sp³-hybridized carbons (Fsp3) is 0.412. The molecule has 25 heavy (non-hydrogen) atoms. The van der Waals surface area contributed by atoms with Crippen molar-refractivity contribution < 1.29 is 23.7 Å². The molecule has 0 aliphatic carbocycles. The molecule has 8 heteroatoms. The molecular weight excluding hydrogens is 328 g/mol. The number of carbonyl (C=O) groups excluding carboxylic acids is 1. The summed E-state index contributed by atoms with van der Waals surface area (Å²) < 4.78 is 15.2. The molecule has 0 radical (unpaired) electrons. The van der Waals surface area contributed by atoms with Crippen LogP contribution in [0.1, 0.15) is 36.9 Å². The molecule has 0 bridgehead atoms. The average Bonchev–Trinajstić information content (AvgIpc) is 2.92. The van der Waals surface area contributed by atoms with Crippen LogP contribution in [0.25, 0.3) is 11.3 Å². The smallest absolute Gasteiger partial charge is 0.377 e. The van der Waals surface area contributed by atoms with Gasteiger partial charge in [-0.15, -0.1) is 0 Å². The zero-order valence-electron chi connectivity index (χ0n) is 14.8. The van der Waals surface area contributed by atoms with Crippen molar-refractivity contribution >= 4 is 11.7 Å². The molecule has 0 saturated heterocycles. The summed E-state index contributed by atoms with van der Waals surface area (Å²) in [5.74, 6) is -0.512. The highest BCUT2D eigenvalue weighted by Gasteiger charge is 2.24. The van der Waals surface area contributed by atoms with Gasteiger partial charge in [0.05, 0.1) is 18.6 Å². The minimum Gasteiger partial charge on any atom is -0.486 e. The molecule has 0 N–H and O–H groups in total. The topological polar surface area (TPSA) is 105 Å². The van der Waals surface area contributed by atoms with Gasteiger partial charge < -0.3 is 14.0 Å². The van der Waals surface area contributed by atoms with Gasteiger partial charge in [0.25, 0.3) is 0 Å². The lowest BCUT2D eigenvalue weighted by Crippen LogP contribution is -2.17. The molecule has 1 heterocycles. The van der Waals surface area contributed by atoms with Crippen molar-refractivity contribution in [3.63, 3.8) is 0 Å². The number of esters is 1. The Kier molecular flexibility index (Phi) is 5.10. The fourth-order valence-electron chi connectivity index (χ4n) is 2.11.